The Balaban J connectivity index is 1.54. The maximum Gasteiger partial charge on any atom is 0.121 e. The van der Waals surface area contributed by atoms with Crippen LogP contribution in [0.2, 0.25) is 0 Å². The van der Waals surface area contributed by atoms with Gasteiger partial charge in [-0.05, 0) is 48.1 Å². The molecule has 2 N–H and O–H groups in total. The van der Waals surface area contributed by atoms with E-state index in [4.69, 9.17) is 0 Å². The first-order valence-electron chi connectivity index (χ1n) is 8.16. The molecule has 3 atom stereocenters. The molecule has 2 aromatic rings. The van der Waals surface area contributed by atoms with Crippen molar-refractivity contribution in [3.05, 3.63) is 30.1 Å². The summed E-state index contributed by atoms with van der Waals surface area (Å²) in [6.07, 6.45) is 4.17. The van der Waals surface area contributed by atoms with Crippen LogP contribution in [0.1, 0.15) is 45.9 Å². The molecule has 3 heteroatoms. The lowest BCUT2D eigenvalue weighted by atomic mass is 9.68. The molecule has 21 heavy (non-hydrogen) atoms. The number of rotatable bonds is 3. The fourth-order valence-corrected chi connectivity index (χ4v) is 5.10. The first-order chi connectivity index (χ1) is 9.99. The maximum atomic E-state index is 4.69. The Morgan fingerprint density at radius 1 is 1.29 bits per heavy atom. The molecule has 2 saturated carbocycles. The average Bonchev–Trinajstić information content (AvgIpc) is 3.06. The molecule has 2 bridgehead atoms. The standard InChI is InChI=1S/C18H25N3/c1-17(2)12-8-9-18(3,10-12)16(17)19-11-15-20-13-6-4-5-7-14(13)21-15/h4-7,12,16,19H,8-11H2,1-3H3,(H,20,21). The molecule has 0 spiro atoms. The largest absolute Gasteiger partial charge is 0.341 e. The Labute approximate surface area is 126 Å². The number of fused-ring (bicyclic) bond motifs is 3. The number of aromatic nitrogens is 2. The van der Waals surface area contributed by atoms with Crippen molar-refractivity contribution in [2.24, 2.45) is 16.7 Å². The number of hydrogen-bond acceptors (Lipinski definition) is 2. The van der Waals surface area contributed by atoms with Gasteiger partial charge in [-0.15, -0.1) is 0 Å². The van der Waals surface area contributed by atoms with Crippen molar-refractivity contribution in [3.8, 4) is 0 Å². The van der Waals surface area contributed by atoms with Gasteiger partial charge in [0.15, 0.2) is 0 Å². The fourth-order valence-electron chi connectivity index (χ4n) is 5.10. The molecular weight excluding hydrogens is 258 g/mol. The van der Waals surface area contributed by atoms with E-state index in [0.717, 1.165) is 29.3 Å². The van der Waals surface area contributed by atoms with Crippen molar-refractivity contribution in [1.29, 1.82) is 0 Å². The molecule has 1 aromatic carbocycles. The maximum absolute atomic E-state index is 4.69. The van der Waals surface area contributed by atoms with E-state index in [-0.39, 0.29) is 0 Å². The minimum absolute atomic E-state index is 0.402. The van der Waals surface area contributed by atoms with Gasteiger partial charge in [-0.25, -0.2) is 4.98 Å². The molecule has 112 valence electrons. The second-order valence-corrected chi connectivity index (χ2v) is 7.93. The Morgan fingerprint density at radius 2 is 2.10 bits per heavy atom. The molecule has 0 amide bonds. The third-order valence-corrected chi connectivity index (χ3v) is 6.18. The zero-order valence-corrected chi connectivity index (χ0v) is 13.2. The van der Waals surface area contributed by atoms with E-state index in [9.17, 15) is 0 Å². The first-order valence-corrected chi connectivity index (χ1v) is 8.16. The topological polar surface area (TPSA) is 40.7 Å². The van der Waals surface area contributed by atoms with Gasteiger partial charge in [-0.1, -0.05) is 32.9 Å². The number of hydrogen-bond donors (Lipinski definition) is 2. The Morgan fingerprint density at radius 3 is 2.81 bits per heavy atom. The predicted molar refractivity (Wildman–Crippen MR) is 86.0 cm³/mol. The van der Waals surface area contributed by atoms with Crippen LogP contribution in [0.4, 0.5) is 0 Å². The summed E-state index contributed by atoms with van der Waals surface area (Å²) in [7, 11) is 0. The number of imidazole rings is 1. The Hall–Kier alpha value is -1.35. The summed E-state index contributed by atoms with van der Waals surface area (Å²) in [4.78, 5) is 8.12. The summed E-state index contributed by atoms with van der Waals surface area (Å²) < 4.78 is 0. The average molecular weight is 283 g/mol. The lowest BCUT2D eigenvalue weighted by Gasteiger charge is -2.43. The molecule has 2 aliphatic rings. The highest BCUT2D eigenvalue weighted by atomic mass is 15.0. The second kappa shape index (κ2) is 4.33. The lowest BCUT2D eigenvalue weighted by Crippen LogP contribution is -2.50. The fraction of sp³-hybridized carbons (Fsp3) is 0.611. The Kier molecular flexibility index (Phi) is 2.74. The summed E-state index contributed by atoms with van der Waals surface area (Å²) >= 11 is 0. The van der Waals surface area contributed by atoms with Crippen LogP contribution in [-0.4, -0.2) is 16.0 Å². The number of para-hydroxylation sites is 2. The van der Waals surface area contributed by atoms with Crippen LogP contribution in [0.5, 0.6) is 0 Å². The first kappa shape index (κ1) is 13.3. The normalized spacial score (nSPS) is 33.9. The van der Waals surface area contributed by atoms with Crippen LogP contribution in [0.3, 0.4) is 0 Å². The van der Waals surface area contributed by atoms with Crippen molar-refractivity contribution in [2.75, 3.05) is 0 Å². The summed E-state index contributed by atoms with van der Waals surface area (Å²) in [5.41, 5.74) is 3.07. The molecule has 2 aliphatic carbocycles. The van der Waals surface area contributed by atoms with Gasteiger partial charge in [-0.3, -0.25) is 0 Å². The van der Waals surface area contributed by atoms with Crippen LogP contribution in [-0.2, 0) is 6.54 Å². The molecule has 3 unspecified atom stereocenters. The van der Waals surface area contributed by atoms with Gasteiger partial charge >= 0.3 is 0 Å². The van der Waals surface area contributed by atoms with Gasteiger partial charge in [-0.2, -0.15) is 0 Å². The van der Waals surface area contributed by atoms with Crippen molar-refractivity contribution in [3.63, 3.8) is 0 Å². The number of aromatic amines is 1. The van der Waals surface area contributed by atoms with Gasteiger partial charge in [0.05, 0.1) is 17.6 Å². The number of nitrogens with zero attached hydrogens (tertiary/aromatic N) is 1. The van der Waals surface area contributed by atoms with E-state index in [1.165, 1.54) is 19.3 Å². The van der Waals surface area contributed by atoms with Crippen molar-refractivity contribution in [1.82, 2.24) is 15.3 Å². The van der Waals surface area contributed by atoms with E-state index < -0.39 is 0 Å². The predicted octanol–water partition coefficient (Wildman–Crippen LogP) is 3.87. The van der Waals surface area contributed by atoms with Gasteiger partial charge in [0.25, 0.3) is 0 Å². The van der Waals surface area contributed by atoms with Crippen LogP contribution in [0.15, 0.2) is 24.3 Å². The number of H-pyrrole nitrogens is 1. The molecular formula is C18H25N3. The summed E-state index contributed by atoms with van der Waals surface area (Å²) in [6, 6.07) is 8.85. The molecule has 0 radical (unpaired) electrons. The Bertz CT molecular complexity index is 634. The number of benzene rings is 1. The van der Waals surface area contributed by atoms with Crippen molar-refractivity contribution >= 4 is 11.0 Å². The van der Waals surface area contributed by atoms with Crippen LogP contribution < -0.4 is 5.32 Å². The molecule has 3 nitrogen and oxygen atoms in total. The molecule has 0 aliphatic heterocycles. The van der Waals surface area contributed by atoms with Gasteiger partial charge < -0.3 is 10.3 Å². The van der Waals surface area contributed by atoms with E-state index in [1.807, 2.05) is 6.07 Å². The van der Waals surface area contributed by atoms with Gasteiger partial charge in [0, 0.05) is 6.04 Å². The van der Waals surface area contributed by atoms with Gasteiger partial charge in [0.2, 0.25) is 0 Å². The lowest BCUT2D eigenvalue weighted by molar-refractivity contribution is 0.107. The van der Waals surface area contributed by atoms with Crippen LogP contribution in [0.25, 0.3) is 11.0 Å². The quantitative estimate of drug-likeness (QED) is 0.898. The van der Waals surface area contributed by atoms with Gasteiger partial charge in [0.1, 0.15) is 5.82 Å². The van der Waals surface area contributed by atoms with E-state index in [2.05, 4.69) is 54.3 Å². The zero-order valence-electron chi connectivity index (χ0n) is 13.2. The highest BCUT2D eigenvalue weighted by molar-refractivity contribution is 5.74. The highest BCUT2D eigenvalue weighted by Gasteiger charge is 2.58. The van der Waals surface area contributed by atoms with Crippen LogP contribution in [0, 0.1) is 16.7 Å². The number of nitrogens with one attached hydrogen (secondary N) is 2. The second-order valence-electron chi connectivity index (χ2n) is 7.93. The third kappa shape index (κ3) is 1.94. The molecule has 4 rings (SSSR count). The van der Waals surface area contributed by atoms with Crippen molar-refractivity contribution < 1.29 is 0 Å². The minimum atomic E-state index is 0.402. The van der Waals surface area contributed by atoms with E-state index in [0.29, 0.717) is 16.9 Å². The summed E-state index contributed by atoms with van der Waals surface area (Å²) in [5, 5.41) is 3.83. The molecule has 1 heterocycles. The molecule has 1 aromatic heterocycles. The summed E-state index contributed by atoms with van der Waals surface area (Å²) in [5.74, 6) is 1.94. The zero-order chi connectivity index (χ0) is 14.7. The summed E-state index contributed by atoms with van der Waals surface area (Å²) in [6.45, 7) is 8.19. The smallest absolute Gasteiger partial charge is 0.121 e. The highest BCUT2D eigenvalue weighted by Crippen LogP contribution is 2.62. The molecule has 0 saturated heterocycles. The van der Waals surface area contributed by atoms with E-state index >= 15 is 0 Å². The minimum Gasteiger partial charge on any atom is -0.341 e. The van der Waals surface area contributed by atoms with Crippen LogP contribution >= 0.6 is 0 Å². The molecule has 2 fully saturated rings. The third-order valence-electron chi connectivity index (χ3n) is 6.18. The monoisotopic (exact) mass is 283 g/mol. The SMILES string of the molecule is CC12CCC(C1)C(C)(C)C2NCc1nc2ccccc2[nH]1. The van der Waals surface area contributed by atoms with E-state index in [1.54, 1.807) is 0 Å². The van der Waals surface area contributed by atoms with Crippen molar-refractivity contribution in [2.45, 2.75) is 52.6 Å².